The van der Waals surface area contributed by atoms with Crippen LogP contribution in [0.2, 0.25) is 0 Å². The van der Waals surface area contributed by atoms with Crippen LogP contribution in [0.5, 0.6) is 0 Å². The van der Waals surface area contributed by atoms with Crippen LogP contribution in [0, 0.1) is 0 Å². The summed E-state index contributed by atoms with van der Waals surface area (Å²) in [6.07, 6.45) is 2.57. The number of urea groups is 1. The summed E-state index contributed by atoms with van der Waals surface area (Å²) in [4.78, 5) is 59.2. The minimum atomic E-state index is -1.24. The third-order valence-electron chi connectivity index (χ3n) is 4.39. The molecule has 0 aliphatic heterocycles. The second-order valence-electron chi connectivity index (χ2n) is 7.15. The number of carbonyl (C=O) groups is 5. The van der Waals surface area contributed by atoms with Crippen LogP contribution >= 0.6 is 0 Å². The van der Waals surface area contributed by atoms with E-state index in [4.69, 9.17) is 4.74 Å². The number of hydrogen-bond donors (Lipinski definition) is 4. The molecule has 0 heterocycles. The van der Waals surface area contributed by atoms with Crippen LogP contribution in [0.25, 0.3) is 0 Å². The minimum Gasteiger partial charge on any atom is -0.449 e. The van der Waals surface area contributed by atoms with E-state index in [0.717, 1.165) is 25.7 Å². The molecule has 162 valence electrons. The van der Waals surface area contributed by atoms with Gasteiger partial charge in [0.15, 0.2) is 6.10 Å². The van der Waals surface area contributed by atoms with Gasteiger partial charge in [0.2, 0.25) is 11.8 Å². The summed E-state index contributed by atoms with van der Waals surface area (Å²) in [6.45, 7) is 3.93. The van der Waals surface area contributed by atoms with Crippen molar-refractivity contribution in [1.29, 1.82) is 0 Å². The number of ether oxygens (including phenoxy) is 1. The van der Waals surface area contributed by atoms with E-state index in [1.165, 1.54) is 39.0 Å². The summed E-state index contributed by atoms with van der Waals surface area (Å²) < 4.78 is 5.13. The Hall–Kier alpha value is -3.43. The first kappa shape index (κ1) is 22.9. The van der Waals surface area contributed by atoms with Crippen molar-refractivity contribution in [3.05, 3.63) is 23.8 Å². The van der Waals surface area contributed by atoms with Crippen LogP contribution in [0.3, 0.4) is 0 Å². The predicted molar refractivity (Wildman–Crippen MR) is 109 cm³/mol. The first-order chi connectivity index (χ1) is 14.1. The molecule has 30 heavy (non-hydrogen) atoms. The molecule has 0 saturated heterocycles. The molecule has 1 aromatic carbocycles. The predicted octanol–water partition coefficient (Wildman–Crippen LogP) is 1.92. The highest BCUT2D eigenvalue weighted by Gasteiger charge is 2.23. The SMILES string of the molecule is CC(=O)Nc1cc(NC(C)=O)cc(C(=O)OC(C)C(=O)NC(=O)NC2CCCC2)c1. The van der Waals surface area contributed by atoms with E-state index < -0.39 is 24.0 Å². The van der Waals surface area contributed by atoms with Gasteiger partial charge in [-0.25, -0.2) is 9.59 Å². The summed E-state index contributed by atoms with van der Waals surface area (Å²) in [6, 6.07) is 3.59. The Morgan fingerprint density at radius 1 is 0.933 bits per heavy atom. The smallest absolute Gasteiger partial charge is 0.339 e. The Labute approximate surface area is 174 Å². The van der Waals surface area contributed by atoms with Crippen molar-refractivity contribution in [1.82, 2.24) is 10.6 Å². The molecule has 10 nitrogen and oxygen atoms in total. The number of amides is 5. The average molecular weight is 418 g/mol. The van der Waals surface area contributed by atoms with Crippen LogP contribution in [0.15, 0.2) is 18.2 Å². The molecule has 4 N–H and O–H groups in total. The lowest BCUT2D eigenvalue weighted by molar-refractivity contribution is -0.128. The number of esters is 1. The number of hydrogen-bond acceptors (Lipinski definition) is 6. The fourth-order valence-electron chi connectivity index (χ4n) is 3.08. The van der Waals surface area contributed by atoms with Gasteiger partial charge in [0.25, 0.3) is 5.91 Å². The van der Waals surface area contributed by atoms with Crippen molar-refractivity contribution >= 4 is 41.1 Å². The maximum Gasteiger partial charge on any atom is 0.339 e. The largest absolute Gasteiger partial charge is 0.449 e. The second kappa shape index (κ2) is 10.4. The molecule has 10 heteroatoms. The summed E-state index contributed by atoms with van der Waals surface area (Å²) in [7, 11) is 0. The Balaban J connectivity index is 2.01. The number of imide groups is 1. The molecule has 5 amide bonds. The maximum absolute atomic E-state index is 12.5. The van der Waals surface area contributed by atoms with Gasteiger partial charge in [-0.05, 0) is 38.0 Å². The molecule has 0 spiro atoms. The van der Waals surface area contributed by atoms with E-state index in [2.05, 4.69) is 21.3 Å². The first-order valence-corrected chi connectivity index (χ1v) is 9.66. The second-order valence-corrected chi connectivity index (χ2v) is 7.15. The zero-order chi connectivity index (χ0) is 22.3. The zero-order valence-corrected chi connectivity index (χ0v) is 17.2. The quantitative estimate of drug-likeness (QED) is 0.520. The lowest BCUT2D eigenvalue weighted by atomic mass is 10.1. The minimum absolute atomic E-state index is 0.0139. The highest BCUT2D eigenvalue weighted by atomic mass is 16.5. The third kappa shape index (κ3) is 7.19. The molecule has 1 fully saturated rings. The molecule has 1 unspecified atom stereocenters. The number of carbonyl (C=O) groups excluding carboxylic acids is 5. The van der Waals surface area contributed by atoms with Gasteiger partial charge in [-0.3, -0.25) is 19.7 Å². The molecule has 0 radical (unpaired) electrons. The molecule has 1 saturated carbocycles. The molecule has 1 aliphatic rings. The Morgan fingerprint density at radius 3 is 1.97 bits per heavy atom. The van der Waals surface area contributed by atoms with Gasteiger partial charge >= 0.3 is 12.0 Å². The van der Waals surface area contributed by atoms with E-state index >= 15 is 0 Å². The lowest BCUT2D eigenvalue weighted by Crippen LogP contribution is -2.47. The topological polar surface area (TPSA) is 143 Å². The van der Waals surface area contributed by atoms with Crippen molar-refractivity contribution in [3.8, 4) is 0 Å². The molecule has 0 aromatic heterocycles. The van der Waals surface area contributed by atoms with Crippen molar-refractivity contribution in [2.45, 2.75) is 58.6 Å². The molecular formula is C20H26N4O6. The van der Waals surface area contributed by atoms with E-state index in [1.807, 2.05) is 0 Å². The maximum atomic E-state index is 12.5. The van der Waals surface area contributed by atoms with Gasteiger partial charge in [0.05, 0.1) is 5.56 Å². The van der Waals surface area contributed by atoms with Gasteiger partial charge in [-0.15, -0.1) is 0 Å². The normalized spacial score (nSPS) is 14.4. The highest BCUT2D eigenvalue weighted by molar-refractivity contribution is 6.00. The Morgan fingerprint density at radius 2 is 1.47 bits per heavy atom. The fourth-order valence-corrected chi connectivity index (χ4v) is 3.08. The van der Waals surface area contributed by atoms with Gasteiger partial charge in [-0.1, -0.05) is 12.8 Å². The molecule has 1 aromatic rings. The van der Waals surface area contributed by atoms with Gasteiger partial charge in [0, 0.05) is 31.3 Å². The van der Waals surface area contributed by atoms with Crippen LogP contribution < -0.4 is 21.3 Å². The van der Waals surface area contributed by atoms with Crippen LogP contribution in [0.4, 0.5) is 16.2 Å². The first-order valence-electron chi connectivity index (χ1n) is 9.66. The van der Waals surface area contributed by atoms with E-state index in [9.17, 15) is 24.0 Å². The fraction of sp³-hybridized carbons (Fsp3) is 0.450. The van der Waals surface area contributed by atoms with Crippen molar-refractivity contribution in [2.24, 2.45) is 0 Å². The summed E-state index contributed by atoms with van der Waals surface area (Å²) in [5.74, 6) is -2.35. The third-order valence-corrected chi connectivity index (χ3v) is 4.39. The van der Waals surface area contributed by atoms with Crippen molar-refractivity contribution in [2.75, 3.05) is 10.6 Å². The Kier molecular flexibility index (Phi) is 7.90. The molecule has 0 bridgehead atoms. The van der Waals surface area contributed by atoms with Crippen LogP contribution in [-0.4, -0.2) is 41.9 Å². The molecule has 2 rings (SSSR count). The monoisotopic (exact) mass is 418 g/mol. The van der Waals surface area contributed by atoms with Gasteiger partial charge in [-0.2, -0.15) is 0 Å². The van der Waals surface area contributed by atoms with Crippen molar-refractivity contribution < 1.29 is 28.7 Å². The lowest BCUT2D eigenvalue weighted by Gasteiger charge is -2.16. The standard InChI is InChI=1S/C20H26N4O6/c1-11(18(27)24-20(29)23-15-6-4-5-7-15)30-19(28)14-8-16(21-12(2)25)10-17(9-14)22-13(3)26/h8-11,15H,4-7H2,1-3H3,(H,21,25)(H,22,26)(H2,23,24,27,29). The van der Waals surface area contributed by atoms with E-state index in [-0.39, 0.29) is 34.8 Å². The van der Waals surface area contributed by atoms with Gasteiger partial charge in [0.1, 0.15) is 0 Å². The number of anilines is 2. The number of benzene rings is 1. The number of rotatable bonds is 6. The summed E-state index contributed by atoms with van der Waals surface area (Å²) in [5.41, 5.74) is 0.558. The number of nitrogens with one attached hydrogen (secondary N) is 4. The average Bonchev–Trinajstić information content (AvgIpc) is 3.12. The molecule has 1 aliphatic carbocycles. The van der Waals surface area contributed by atoms with Crippen LogP contribution in [0.1, 0.15) is 56.8 Å². The van der Waals surface area contributed by atoms with E-state index in [0.29, 0.717) is 0 Å². The Bertz CT molecular complexity index is 813. The molecular weight excluding hydrogens is 392 g/mol. The highest BCUT2D eigenvalue weighted by Crippen LogP contribution is 2.21. The van der Waals surface area contributed by atoms with E-state index in [1.54, 1.807) is 0 Å². The summed E-state index contributed by atoms with van der Waals surface area (Å²) >= 11 is 0. The van der Waals surface area contributed by atoms with Crippen molar-refractivity contribution in [3.63, 3.8) is 0 Å². The van der Waals surface area contributed by atoms with Crippen LogP contribution in [-0.2, 0) is 19.1 Å². The summed E-state index contributed by atoms with van der Waals surface area (Å²) in [5, 5.41) is 9.91. The zero-order valence-electron chi connectivity index (χ0n) is 17.2. The molecule has 1 atom stereocenters. The van der Waals surface area contributed by atoms with Gasteiger partial charge < -0.3 is 20.7 Å².